The Morgan fingerprint density at radius 2 is 1.32 bits per heavy atom. The van der Waals surface area contributed by atoms with E-state index < -0.39 is 0 Å². The molecule has 1 heterocycles. The van der Waals surface area contributed by atoms with Crippen molar-refractivity contribution in [3.05, 3.63) is 101 Å². The van der Waals surface area contributed by atoms with Crippen molar-refractivity contribution in [1.82, 2.24) is 4.57 Å². The number of hydrogen-bond donors (Lipinski definition) is 0. The Bertz CT molecular complexity index is 1130. The number of fused-ring (bicyclic) bond motifs is 1. The second-order valence-corrected chi connectivity index (χ2v) is 7.24. The largest absolute Gasteiger partial charge is 0.465 e. The van der Waals surface area contributed by atoms with Gasteiger partial charge in [-0.3, -0.25) is 0 Å². The fourth-order valence-electron chi connectivity index (χ4n) is 3.62. The fraction of sp³-hybridized carbons (Fsp3) is 0.160. The quantitative estimate of drug-likeness (QED) is 0.357. The average molecular weight is 415 g/mol. The van der Waals surface area contributed by atoms with Crippen LogP contribution < -0.4 is 4.57 Å². The molecule has 156 valence electrons. The molecule has 0 aliphatic rings. The number of carbonyl (C=O) groups is 2. The molecule has 1 aromatic heterocycles. The molecule has 0 bridgehead atoms. The van der Waals surface area contributed by atoms with E-state index in [0.29, 0.717) is 24.2 Å². The van der Waals surface area contributed by atoms with E-state index >= 15 is 0 Å². The number of aromatic nitrogens is 2. The molecule has 0 N–H and O–H groups in total. The van der Waals surface area contributed by atoms with Crippen LogP contribution >= 0.6 is 0 Å². The van der Waals surface area contributed by atoms with E-state index in [9.17, 15) is 9.59 Å². The van der Waals surface area contributed by atoms with Gasteiger partial charge in [-0.2, -0.15) is 0 Å². The highest BCUT2D eigenvalue weighted by atomic mass is 16.5. The SMILES string of the molecule is COC(=O)c1ccc(Cn2c[n+](Cc3ccc(C(=O)OC)cc3)c3ccccc32)cc1. The van der Waals surface area contributed by atoms with E-state index in [4.69, 9.17) is 9.47 Å². The molecule has 0 saturated carbocycles. The number of benzene rings is 3. The summed E-state index contributed by atoms with van der Waals surface area (Å²) < 4.78 is 13.9. The van der Waals surface area contributed by atoms with Gasteiger partial charge in [0.1, 0.15) is 13.1 Å². The van der Waals surface area contributed by atoms with E-state index in [-0.39, 0.29) is 11.9 Å². The summed E-state index contributed by atoms with van der Waals surface area (Å²) in [4.78, 5) is 23.3. The van der Waals surface area contributed by atoms with Crippen LogP contribution in [-0.4, -0.2) is 30.7 Å². The Morgan fingerprint density at radius 1 is 0.774 bits per heavy atom. The van der Waals surface area contributed by atoms with Gasteiger partial charge in [-0.15, -0.1) is 0 Å². The zero-order valence-corrected chi connectivity index (χ0v) is 17.4. The molecule has 0 aliphatic heterocycles. The first-order valence-electron chi connectivity index (χ1n) is 9.91. The van der Waals surface area contributed by atoms with Gasteiger partial charge in [0.2, 0.25) is 6.33 Å². The van der Waals surface area contributed by atoms with Crippen molar-refractivity contribution in [2.75, 3.05) is 14.2 Å². The van der Waals surface area contributed by atoms with Crippen LogP contribution in [0.4, 0.5) is 0 Å². The molecule has 0 spiro atoms. The normalized spacial score (nSPS) is 10.8. The number of carbonyl (C=O) groups excluding carboxylic acids is 2. The third kappa shape index (κ3) is 4.33. The summed E-state index contributed by atoms with van der Waals surface area (Å²) in [5.41, 5.74) is 5.48. The third-order valence-electron chi connectivity index (χ3n) is 5.24. The van der Waals surface area contributed by atoms with Crippen molar-refractivity contribution in [3.8, 4) is 0 Å². The van der Waals surface area contributed by atoms with Crippen LogP contribution in [0.1, 0.15) is 31.8 Å². The molecule has 0 fully saturated rings. The first-order valence-corrected chi connectivity index (χ1v) is 9.91. The van der Waals surface area contributed by atoms with E-state index in [1.807, 2.05) is 36.4 Å². The lowest BCUT2D eigenvalue weighted by Gasteiger charge is -2.02. The van der Waals surface area contributed by atoms with Crippen molar-refractivity contribution < 1.29 is 23.6 Å². The first-order chi connectivity index (χ1) is 15.1. The highest BCUT2D eigenvalue weighted by Crippen LogP contribution is 2.15. The van der Waals surface area contributed by atoms with E-state index in [1.165, 1.54) is 14.2 Å². The van der Waals surface area contributed by atoms with Crippen LogP contribution in [0.5, 0.6) is 0 Å². The van der Waals surface area contributed by atoms with Gasteiger partial charge >= 0.3 is 11.9 Å². The fourth-order valence-corrected chi connectivity index (χ4v) is 3.62. The second kappa shape index (κ2) is 8.83. The number of esters is 2. The van der Waals surface area contributed by atoms with Crippen molar-refractivity contribution in [1.29, 1.82) is 0 Å². The number of methoxy groups -OCH3 is 2. The minimum absolute atomic E-state index is 0.339. The summed E-state index contributed by atoms with van der Waals surface area (Å²) in [5, 5.41) is 0. The van der Waals surface area contributed by atoms with Crippen molar-refractivity contribution in [2.45, 2.75) is 13.1 Å². The summed E-state index contributed by atoms with van der Waals surface area (Å²) in [7, 11) is 2.76. The van der Waals surface area contributed by atoms with E-state index in [2.05, 4.69) is 27.6 Å². The first kappa shape index (κ1) is 20.3. The molecule has 4 rings (SSSR count). The van der Waals surface area contributed by atoms with E-state index in [0.717, 1.165) is 22.2 Å². The Balaban J connectivity index is 1.60. The maximum Gasteiger partial charge on any atom is 0.337 e. The molecule has 0 amide bonds. The Morgan fingerprint density at radius 3 is 1.90 bits per heavy atom. The van der Waals surface area contributed by atoms with Crippen LogP contribution in [-0.2, 0) is 22.6 Å². The van der Waals surface area contributed by atoms with Gasteiger partial charge in [0, 0.05) is 0 Å². The molecule has 6 nitrogen and oxygen atoms in total. The number of ether oxygens (including phenoxy) is 2. The predicted octanol–water partition coefficient (Wildman–Crippen LogP) is 3.60. The number of nitrogens with zero attached hydrogens (tertiary/aromatic N) is 2. The number of imidazole rings is 1. The molecule has 6 heteroatoms. The molecule has 3 aromatic carbocycles. The monoisotopic (exact) mass is 415 g/mol. The molecule has 4 aromatic rings. The Labute approximate surface area is 180 Å². The molecule has 0 radical (unpaired) electrons. The molecule has 0 atom stereocenters. The third-order valence-corrected chi connectivity index (χ3v) is 5.24. The highest BCUT2D eigenvalue weighted by Gasteiger charge is 2.16. The molecule has 0 unspecified atom stereocenters. The summed E-state index contributed by atoms with van der Waals surface area (Å²) in [6.45, 7) is 1.35. The number of hydrogen-bond acceptors (Lipinski definition) is 4. The smallest absolute Gasteiger partial charge is 0.337 e. The van der Waals surface area contributed by atoms with Gasteiger partial charge in [0.05, 0.1) is 25.3 Å². The van der Waals surface area contributed by atoms with Gasteiger partial charge in [-0.1, -0.05) is 36.4 Å². The lowest BCUT2D eigenvalue weighted by Crippen LogP contribution is -2.32. The Kier molecular flexibility index (Phi) is 5.80. The Hall–Kier alpha value is -3.93. The lowest BCUT2D eigenvalue weighted by atomic mass is 10.1. The van der Waals surface area contributed by atoms with Gasteiger partial charge in [0.15, 0.2) is 11.0 Å². The minimum Gasteiger partial charge on any atom is -0.465 e. The lowest BCUT2D eigenvalue weighted by molar-refractivity contribution is -0.663. The van der Waals surface area contributed by atoms with Crippen molar-refractivity contribution in [3.63, 3.8) is 0 Å². The van der Waals surface area contributed by atoms with Crippen molar-refractivity contribution >= 4 is 23.0 Å². The van der Waals surface area contributed by atoms with Gasteiger partial charge in [0.25, 0.3) is 0 Å². The summed E-state index contributed by atoms with van der Waals surface area (Å²) >= 11 is 0. The maximum atomic E-state index is 11.7. The summed E-state index contributed by atoms with van der Waals surface area (Å²) in [6, 6.07) is 23.1. The standard InChI is InChI=1S/C25H23N2O4/c1-30-24(28)20-11-7-18(8-12-20)15-26-17-27(23-6-4-3-5-22(23)26)16-19-9-13-21(14-10-19)25(29)31-2/h3-14,17H,15-16H2,1-2H3/q+1. The second-order valence-electron chi connectivity index (χ2n) is 7.24. The summed E-state index contributed by atoms with van der Waals surface area (Å²) in [5.74, 6) is -0.678. The van der Waals surface area contributed by atoms with Crippen LogP contribution in [0.3, 0.4) is 0 Å². The molecule has 0 aliphatic carbocycles. The van der Waals surface area contributed by atoms with Crippen LogP contribution in [0, 0.1) is 0 Å². The van der Waals surface area contributed by atoms with Crippen molar-refractivity contribution in [2.24, 2.45) is 0 Å². The maximum absolute atomic E-state index is 11.7. The molecular formula is C25H23N2O4+. The minimum atomic E-state index is -0.339. The predicted molar refractivity (Wildman–Crippen MR) is 116 cm³/mol. The average Bonchev–Trinajstić information content (AvgIpc) is 3.16. The van der Waals surface area contributed by atoms with Crippen LogP contribution in [0.15, 0.2) is 79.1 Å². The van der Waals surface area contributed by atoms with Gasteiger partial charge < -0.3 is 9.47 Å². The summed E-state index contributed by atoms with van der Waals surface area (Å²) in [6.07, 6.45) is 2.09. The zero-order chi connectivity index (χ0) is 21.8. The molecular weight excluding hydrogens is 392 g/mol. The van der Waals surface area contributed by atoms with Crippen LogP contribution in [0.25, 0.3) is 11.0 Å². The van der Waals surface area contributed by atoms with E-state index in [1.54, 1.807) is 24.3 Å². The number of rotatable bonds is 6. The topological polar surface area (TPSA) is 61.4 Å². The molecule has 0 saturated heterocycles. The molecule has 31 heavy (non-hydrogen) atoms. The number of para-hydroxylation sites is 2. The van der Waals surface area contributed by atoms with Gasteiger partial charge in [-0.05, 0) is 47.5 Å². The zero-order valence-electron chi connectivity index (χ0n) is 17.4. The highest BCUT2D eigenvalue weighted by molar-refractivity contribution is 5.89. The van der Waals surface area contributed by atoms with Gasteiger partial charge in [-0.25, -0.2) is 18.7 Å². The van der Waals surface area contributed by atoms with Crippen LogP contribution in [0.2, 0.25) is 0 Å².